The van der Waals surface area contributed by atoms with Gasteiger partial charge in [-0.1, -0.05) is 259 Å². The Balaban J connectivity index is 0.960. The summed E-state index contributed by atoms with van der Waals surface area (Å²) >= 11 is 0. The molecule has 18 rings (SSSR count). The van der Waals surface area contributed by atoms with E-state index in [9.17, 15) is 5.48 Å². The van der Waals surface area contributed by atoms with Crippen LogP contribution in [0, 0.1) is 0 Å². The fraction of sp³-hybridized carbons (Fsp3) is 0.170. The summed E-state index contributed by atoms with van der Waals surface area (Å²) in [4.78, 5) is 4.83. The first-order chi connectivity index (χ1) is 51.4. The molecule has 0 amide bonds. The lowest BCUT2D eigenvalue weighted by molar-refractivity contribution is 0.590. The molecule has 0 bridgehead atoms. The van der Waals surface area contributed by atoms with Gasteiger partial charge in [-0.05, 0) is 191 Å². The van der Waals surface area contributed by atoms with Gasteiger partial charge in [0.1, 0.15) is 0 Å². The number of para-hydroxylation sites is 4. The molecule has 0 unspecified atom stereocenters. The van der Waals surface area contributed by atoms with Gasteiger partial charge in [-0.15, -0.1) is 0 Å². The van der Waals surface area contributed by atoms with Crippen LogP contribution < -0.4 is 26.2 Å². The normalized spacial score (nSPS) is 14.5. The average Bonchev–Trinajstić information content (AvgIpc) is 1.12. The fourth-order valence-corrected chi connectivity index (χ4v) is 15.8. The minimum Gasteiger partial charge on any atom is -0.452 e. The van der Waals surface area contributed by atoms with Crippen molar-refractivity contribution in [1.29, 1.82) is 0 Å². The van der Waals surface area contributed by atoms with Crippen LogP contribution in [0.25, 0.3) is 110 Å². The Labute approximate surface area is 598 Å². The first kappa shape index (κ1) is 53.0. The first-order valence-corrected chi connectivity index (χ1v) is 34.9. The predicted molar refractivity (Wildman–Crippen MR) is 428 cm³/mol. The zero-order chi connectivity index (χ0) is 75.4. The molecule has 5 heterocycles. The molecule has 2 aliphatic heterocycles. The highest BCUT2D eigenvalue weighted by atomic mass is 16.3. The van der Waals surface area contributed by atoms with Gasteiger partial charge in [0.05, 0.1) is 44.4 Å². The highest BCUT2D eigenvalue weighted by Crippen LogP contribution is 2.52. The third-order valence-corrected chi connectivity index (χ3v) is 21.1. The van der Waals surface area contributed by atoms with Crippen LogP contribution in [-0.4, -0.2) is 15.8 Å². The van der Waals surface area contributed by atoms with E-state index in [4.69, 9.17) is 9.90 Å². The van der Waals surface area contributed by atoms with Gasteiger partial charge < -0.3 is 23.4 Å². The second-order valence-corrected chi connectivity index (χ2v) is 31.6. The van der Waals surface area contributed by atoms with E-state index >= 15 is 0 Å². The Kier molecular flexibility index (Phi) is 11.8. The van der Waals surface area contributed by atoms with E-state index in [1.165, 1.54) is 27.5 Å². The second kappa shape index (κ2) is 22.2. The molecule has 16 aromatic rings. The van der Waals surface area contributed by atoms with Crippen LogP contribution in [-0.2, 0) is 21.7 Å². The number of hydrogen-bond donors (Lipinski definition) is 0. The molecular weight excluding hydrogens is 1210 g/mol. The van der Waals surface area contributed by atoms with Crippen molar-refractivity contribution in [2.24, 2.45) is 0 Å². The Hall–Kier alpha value is -11.1. The molecule has 3 aromatic heterocycles. The van der Waals surface area contributed by atoms with Crippen LogP contribution in [0.3, 0.4) is 0 Å². The summed E-state index contributed by atoms with van der Waals surface area (Å²) in [5.74, 6) is 0. The first-order valence-electron chi connectivity index (χ1n) is 38.9. The molecule has 2 aliphatic rings. The lowest BCUT2D eigenvalue weighted by Crippen LogP contribution is -2.61. The van der Waals surface area contributed by atoms with Crippen molar-refractivity contribution in [1.82, 2.24) is 9.13 Å². The number of hydrogen-bond acceptors (Lipinski definition) is 3. The highest BCUT2D eigenvalue weighted by Gasteiger charge is 2.45. The monoisotopic (exact) mass is 1300 g/mol. The summed E-state index contributed by atoms with van der Waals surface area (Å²) in [5.41, 5.74) is 23.7. The standard InChI is InChI=1S/C94H81BN4O/c1-91(2,3)64-31-23-30-60(49-64)61-40-44-76-84(52-61)99(83-39-25-35-73-72-34-24-38-82(89(72)100-90(73)83)98-80-46-41-65(92(4,5)6)53-74(80)75-54-66(93(7,8)9)42-47-81(75)98)87-56-67(94(10,11)12)55-86-88(87)95(76)77-45-43-68(96-78-36-21-19-32-70(78)71-33-20-22-37-79(71)96)57-85(77)97(86)69-50-62(58-26-15-13-16-27-58)48-63(51-69)59-28-17-14-18-29-59/h13-57H,1-12H3/i19D,20D,21D,22D,32D,33D,36D,37D. The molecule has 6 heteroatoms. The largest absolute Gasteiger partial charge is 0.452 e. The molecule has 0 saturated carbocycles. The average molecular weight is 1300 g/mol. The van der Waals surface area contributed by atoms with E-state index < -0.39 is 36.3 Å². The summed E-state index contributed by atoms with van der Waals surface area (Å²) in [7, 11) is 0. The minimum atomic E-state index is -0.495. The Bertz CT molecular complexity index is 6340. The van der Waals surface area contributed by atoms with Gasteiger partial charge in [0.15, 0.2) is 11.2 Å². The lowest BCUT2D eigenvalue weighted by Gasteiger charge is -2.45. The number of fused-ring (bicyclic) bond motifs is 13. The molecule has 0 atom stereocenters. The van der Waals surface area contributed by atoms with Gasteiger partial charge in [-0.2, -0.15) is 0 Å². The van der Waals surface area contributed by atoms with Gasteiger partial charge in [-0.3, -0.25) is 0 Å². The summed E-state index contributed by atoms with van der Waals surface area (Å²) in [5, 5.41) is 4.38. The van der Waals surface area contributed by atoms with Crippen LogP contribution in [0.15, 0.2) is 277 Å². The van der Waals surface area contributed by atoms with Crippen molar-refractivity contribution >= 4 is 123 Å². The quantitative estimate of drug-likeness (QED) is 0.149. The van der Waals surface area contributed by atoms with Gasteiger partial charge >= 0.3 is 0 Å². The van der Waals surface area contributed by atoms with E-state index in [-0.39, 0.29) is 62.2 Å². The van der Waals surface area contributed by atoms with Crippen molar-refractivity contribution in [3.8, 4) is 44.8 Å². The predicted octanol–water partition coefficient (Wildman–Crippen LogP) is 24.1. The maximum absolute atomic E-state index is 9.71. The van der Waals surface area contributed by atoms with Gasteiger partial charge in [0, 0.05) is 66.4 Å². The fourth-order valence-electron chi connectivity index (χ4n) is 15.8. The number of anilines is 6. The van der Waals surface area contributed by atoms with E-state index in [2.05, 4.69) is 304 Å². The zero-order valence-corrected chi connectivity index (χ0v) is 58.6. The molecule has 13 aromatic carbocycles. The summed E-state index contributed by atoms with van der Waals surface area (Å²) in [6.45, 7) is 26.8. The van der Waals surface area contributed by atoms with Crippen molar-refractivity contribution in [3.63, 3.8) is 0 Å². The van der Waals surface area contributed by atoms with Crippen LogP contribution in [0.5, 0.6) is 0 Å². The van der Waals surface area contributed by atoms with Gasteiger partial charge in [0.2, 0.25) is 0 Å². The lowest BCUT2D eigenvalue weighted by atomic mass is 9.33. The van der Waals surface area contributed by atoms with E-state index in [1.807, 2.05) is 18.2 Å². The van der Waals surface area contributed by atoms with Crippen LogP contribution in [0.4, 0.5) is 34.1 Å². The summed E-state index contributed by atoms with van der Waals surface area (Å²) in [6, 6.07) is 78.0. The van der Waals surface area contributed by atoms with Gasteiger partial charge in [0.25, 0.3) is 6.71 Å². The molecule has 100 heavy (non-hydrogen) atoms. The molecule has 0 spiro atoms. The van der Waals surface area contributed by atoms with Gasteiger partial charge in [-0.25, -0.2) is 0 Å². The van der Waals surface area contributed by atoms with Crippen molar-refractivity contribution in [3.05, 3.63) is 295 Å². The molecular formula is C94H81BN4O. The number of rotatable bonds is 7. The number of furan rings is 1. The third kappa shape index (κ3) is 9.72. The maximum Gasteiger partial charge on any atom is 0.252 e. The molecule has 0 radical (unpaired) electrons. The van der Waals surface area contributed by atoms with Crippen LogP contribution >= 0.6 is 0 Å². The number of aromatic nitrogens is 2. The Morgan fingerprint density at radius 1 is 0.290 bits per heavy atom. The zero-order valence-electron chi connectivity index (χ0n) is 66.6. The Morgan fingerprint density at radius 3 is 1.34 bits per heavy atom. The molecule has 0 N–H and O–H groups in total. The van der Waals surface area contributed by atoms with Crippen LogP contribution in [0.2, 0.25) is 0 Å². The smallest absolute Gasteiger partial charge is 0.252 e. The van der Waals surface area contributed by atoms with E-state index in [0.717, 1.165) is 128 Å². The number of nitrogens with zero attached hydrogens (tertiary/aromatic N) is 4. The second-order valence-electron chi connectivity index (χ2n) is 31.6. The van der Waals surface area contributed by atoms with Crippen LogP contribution in [0.1, 0.15) is 116 Å². The summed E-state index contributed by atoms with van der Waals surface area (Å²) in [6.07, 6.45) is 0. The molecule has 0 saturated heterocycles. The Morgan fingerprint density at radius 2 is 0.770 bits per heavy atom. The van der Waals surface area contributed by atoms with E-state index in [1.54, 1.807) is 4.57 Å². The third-order valence-electron chi connectivity index (χ3n) is 21.1. The van der Waals surface area contributed by atoms with Crippen molar-refractivity contribution in [2.45, 2.75) is 105 Å². The molecule has 5 nitrogen and oxygen atoms in total. The molecule has 0 fully saturated rings. The summed E-state index contributed by atoms with van der Waals surface area (Å²) < 4.78 is 86.5. The van der Waals surface area contributed by atoms with Crippen molar-refractivity contribution < 1.29 is 15.4 Å². The molecule has 0 aliphatic carbocycles. The SMILES string of the molecule is [2H]c1c([2H])c([2H])c2c(c1[2H])c1c([2H])c([2H])c([2H])c([2H])c1n2-c1ccc2c(c1)N(c1cc(-c3ccccc3)cc(-c3ccccc3)c1)c1cc(C(C)(C)C)cc3c1B2c1ccc(-c2cccc(C(C)(C)C)c2)cc1N3c1cccc2c1oc1c(-n3c4ccc(C(C)(C)C)cc4c4cc(C(C)(C)C)ccc43)cccc12. The van der Waals surface area contributed by atoms with Crippen molar-refractivity contribution in [2.75, 3.05) is 9.80 Å². The highest BCUT2D eigenvalue weighted by molar-refractivity contribution is 7.00. The topological polar surface area (TPSA) is 29.5 Å². The maximum atomic E-state index is 9.71. The number of benzene rings is 13. The van der Waals surface area contributed by atoms with E-state index in [0.29, 0.717) is 5.69 Å². The molecule has 486 valence electrons. The minimum absolute atomic E-state index is 0.0161.